The number of hydrogen-bond acceptors (Lipinski definition) is 5. The van der Waals surface area contributed by atoms with Crippen molar-refractivity contribution in [3.8, 4) is 0 Å². The van der Waals surface area contributed by atoms with Crippen LogP contribution in [0.3, 0.4) is 0 Å². The number of aromatic carboxylic acids is 1. The van der Waals surface area contributed by atoms with Gasteiger partial charge in [0.05, 0.1) is 5.56 Å². The van der Waals surface area contributed by atoms with Crippen LogP contribution in [0, 0.1) is 0 Å². The fourth-order valence-electron chi connectivity index (χ4n) is 1.18. The average molecular weight is 274 g/mol. The van der Waals surface area contributed by atoms with Gasteiger partial charge in [-0.1, -0.05) is 0 Å². The predicted molar refractivity (Wildman–Crippen MR) is 62.7 cm³/mol. The second kappa shape index (κ2) is 6.43. The normalized spacial score (nSPS) is 11.4. The second-order valence-corrected chi connectivity index (χ2v) is 5.23. The van der Waals surface area contributed by atoms with Crippen molar-refractivity contribution in [2.45, 2.75) is 17.9 Å². The van der Waals surface area contributed by atoms with Crippen LogP contribution in [0.5, 0.6) is 0 Å². The number of carbonyl (C=O) groups is 1. The number of hydrogen-bond donors (Lipinski definition) is 3. The summed E-state index contributed by atoms with van der Waals surface area (Å²) in [6.45, 7) is 0.207. The lowest BCUT2D eigenvalue weighted by Crippen LogP contribution is -2.25. The van der Waals surface area contributed by atoms with Gasteiger partial charge in [-0.15, -0.1) is 0 Å². The quantitative estimate of drug-likeness (QED) is 0.594. The van der Waals surface area contributed by atoms with E-state index in [4.69, 9.17) is 10.2 Å². The van der Waals surface area contributed by atoms with E-state index in [1.807, 2.05) is 0 Å². The molecule has 1 heterocycles. The highest BCUT2D eigenvalue weighted by atomic mass is 32.2. The maximum absolute atomic E-state index is 11.7. The molecule has 0 fully saturated rings. The Hall–Kier alpha value is -1.51. The first kappa shape index (κ1) is 14.6. The third-order valence-corrected chi connectivity index (χ3v) is 3.51. The minimum atomic E-state index is -3.72. The zero-order chi connectivity index (χ0) is 13.6. The number of carboxylic acids is 1. The van der Waals surface area contributed by atoms with E-state index in [0.29, 0.717) is 12.8 Å². The molecule has 0 atom stereocenters. The molecule has 0 bridgehead atoms. The fraction of sp³-hybridized carbons (Fsp3) is 0.400. The van der Waals surface area contributed by atoms with Gasteiger partial charge in [0, 0.05) is 19.3 Å². The Morgan fingerprint density at radius 1 is 1.33 bits per heavy atom. The first-order valence-electron chi connectivity index (χ1n) is 5.27. The summed E-state index contributed by atoms with van der Waals surface area (Å²) in [6, 6.07) is 2.31. The number of aromatic nitrogens is 1. The lowest BCUT2D eigenvalue weighted by atomic mass is 10.3. The molecule has 0 saturated carbocycles. The molecule has 0 aromatic carbocycles. The number of nitrogens with one attached hydrogen (secondary N) is 1. The van der Waals surface area contributed by atoms with Crippen LogP contribution in [0.1, 0.15) is 23.2 Å². The summed E-state index contributed by atoms with van der Waals surface area (Å²) in [5.74, 6) is -1.16. The summed E-state index contributed by atoms with van der Waals surface area (Å²) < 4.78 is 25.7. The summed E-state index contributed by atoms with van der Waals surface area (Å²) >= 11 is 0. The molecule has 0 aliphatic rings. The molecule has 1 rings (SSSR count). The fourth-order valence-corrected chi connectivity index (χ4v) is 2.18. The smallest absolute Gasteiger partial charge is 0.337 e. The summed E-state index contributed by atoms with van der Waals surface area (Å²) in [4.78, 5) is 14.2. The Balaban J connectivity index is 2.70. The molecule has 18 heavy (non-hydrogen) atoms. The number of nitrogens with zero attached hydrogens (tertiary/aromatic N) is 1. The van der Waals surface area contributed by atoms with E-state index in [1.165, 1.54) is 6.07 Å². The van der Waals surface area contributed by atoms with Crippen LogP contribution in [-0.4, -0.2) is 42.7 Å². The van der Waals surface area contributed by atoms with Crippen LogP contribution >= 0.6 is 0 Å². The monoisotopic (exact) mass is 274 g/mol. The molecule has 0 spiro atoms. The van der Waals surface area contributed by atoms with Gasteiger partial charge in [0.15, 0.2) is 5.03 Å². The number of pyridine rings is 1. The lowest BCUT2D eigenvalue weighted by molar-refractivity contribution is 0.0696. The van der Waals surface area contributed by atoms with E-state index in [0.717, 1.165) is 12.3 Å². The van der Waals surface area contributed by atoms with Crippen molar-refractivity contribution < 1.29 is 23.4 Å². The highest BCUT2D eigenvalue weighted by Crippen LogP contribution is 2.06. The standard InChI is InChI=1S/C10H14N2O5S/c13-6-2-1-5-12-18(16,17)9-4-3-8(7-11-9)10(14)15/h3-4,7,12-13H,1-2,5-6H2,(H,14,15). The second-order valence-electron chi connectivity index (χ2n) is 3.52. The van der Waals surface area contributed by atoms with Gasteiger partial charge >= 0.3 is 5.97 Å². The van der Waals surface area contributed by atoms with E-state index in [1.54, 1.807) is 0 Å². The number of sulfonamides is 1. The third kappa shape index (κ3) is 4.06. The van der Waals surface area contributed by atoms with Crippen molar-refractivity contribution in [3.63, 3.8) is 0 Å². The summed E-state index contributed by atoms with van der Waals surface area (Å²) in [5.41, 5.74) is -0.0748. The van der Waals surface area contributed by atoms with Gasteiger partial charge in [0.25, 0.3) is 10.0 Å². The minimum Gasteiger partial charge on any atom is -0.478 e. The summed E-state index contributed by atoms with van der Waals surface area (Å²) in [7, 11) is -3.72. The van der Waals surface area contributed by atoms with Gasteiger partial charge in [0.2, 0.25) is 0 Å². The Morgan fingerprint density at radius 3 is 2.56 bits per heavy atom. The van der Waals surface area contributed by atoms with Crippen LogP contribution in [0.2, 0.25) is 0 Å². The molecule has 8 heteroatoms. The Labute approximate surface area is 105 Å². The highest BCUT2D eigenvalue weighted by molar-refractivity contribution is 7.89. The molecule has 0 saturated heterocycles. The van der Waals surface area contributed by atoms with Crippen molar-refractivity contribution in [1.82, 2.24) is 9.71 Å². The third-order valence-electron chi connectivity index (χ3n) is 2.14. The van der Waals surface area contributed by atoms with Crippen molar-refractivity contribution in [1.29, 1.82) is 0 Å². The van der Waals surface area contributed by atoms with Gasteiger partial charge in [-0.3, -0.25) is 0 Å². The molecular weight excluding hydrogens is 260 g/mol. The summed E-state index contributed by atoms with van der Waals surface area (Å²) in [6.07, 6.45) is 2.02. The maximum Gasteiger partial charge on any atom is 0.337 e. The topological polar surface area (TPSA) is 117 Å². The van der Waals surface area contributed by atoms with E-state index in [-0.39, 0.29) is 23.7 Å². The van der Waals surface area contributed by atoms with E-state index in [2.05, 4.69) is 9.71 Å². The van der Waals surface area contributed by atoms with Crippen molar-refractivity contribution in [2.24, 2.45) is 0 Å². The first-order chi connectivity index (χ1) is 8.47. The SMILES string of the molecule is O=C(O)c1ccc(S(=O)(=O)NCCCCO)nc1. The van der Waals surface area contributed by atoms with Crippen LogP contribution in [-0.2, 0) is 10.0 Å². The van der Waals surface area contributed by atoms with E-state index >= 15 is 0 Å². The van der Waals surface area contributed by atoms with Crippen molar-refractivity contribution in [2.75, 3.05) is 13.2 Å². The molecule has 3 N–H and O–H groups in total. The summed E-state index contributed by atoms with van der Waals surface area (Å²) in [5, 5.41) is 17.0. The molecule has 7 nitrogen and oxygen atoms in total. The zero-order valence-electron chi connectivity index (χ0n) is 9.54. The molecular formula is C10H14N2O5S. The van der Waals surface area contributed by atoms with Crippen molar-refractivity contribution >= 4 is 16.0 Å². The highest BCUT2D eigenvalue weighted by Gasteiger charge is 2.15. The number of aliphatic hydroxyl groups excluding tert-OH is 1. The van der Waals surface area contributed by atoms with E-state index in [9.17, 15) is 13.2 Å². The predicted octanol–water partition coefficient (Wildman–Crippen LogP) is -0.169. The largest absolute Gasteiger partial charge is 0.478 e. The molecule has 0 unspecified atom stereocenters. The van der Waals surface area contributed by atoms with Gasteiger partial charge < -0.3 is 10.2 Å². The van der Waals surface area contributed by atoms with Crippen LogP contribution < -0.4 is 4.72 Å². The Bertz CT molecular complexity index is 498. The minimum absolute atomic E-state index is 0.00723. The lowest BCUT2D eigenvalue weighted by Gasteiger charge is -2.05. The zero-order valence-corrected chi connectivity index (χ0v) is 10.4. The number of carboxylic acid groups (broad SMARTS) is 1. The molecule has 1 aromatic rings. The molecule has 1 aromatic heterocycles. The van der Waals surface area contributed by atoms with Gasteiger partial charge in [-0.2, -0.15) is 0 Å². The molecule has 0 aliphatic carbocycles. The van der Waals surface area contributed by atoms with Crippen molar-refractivity contribution in [3.05, 3.63) is 23.9 Å². The maximum atomic E-state index is 11.7. The van der Waals surface area contributed by atoms with Crippen LogP contribution in [0.25, 0.3) is 0 Å². The Kier molecular flexibility index (Phi) is 5.20. The van der Waals surface area contributed by atoms with Crippen LogP contribution in [0.15, 0.2) is 23.4 Å². The average Bonchev–Trinajstić information content (AvgIpc) is 2.35. The number of rotatable bonds is 7. The van der Waals surface area contributed by atoms with E-state index < -0.39 is 16.0 Å². The van der Waals surface area contributed by atoms with Gasteiger partial charge in [0.1, 0.15) is 0 Å². The number of unbranched alkanes of at least 4 members (excludes halogenated alkanes) is 1. The molecule has 0 radical (unpaired) electrons. The molecule has 0 amide bonds. The molecule has 100 valence electrons. The first-order valence-corrected chi connectivity index (χ1v) is 6.75. The number of aliphatic hydroxyl groups is 1. The van der Waals surface area contributed by atoms with Gasteiger partial charge in [-0.25, -0.2) is 22.9 Å². The molecule has 0 aliphatic heterocycles. The Morgan fingerprint density at radius 2 is 2.06 bits per heavy atom. The van der Waals surface area contributed by atoms with Crippen LogP contribution in [0.4, 0.5) is 0 Å². The van der Waals surface area contributed by atoms with Gasteiger partial charge in [-0.05, 0) is 25.0 Å².